The fourth-order valence-corrected chi connectivity index (χ4v) is 2.70. The Morgan fingerprint density at radius 3 is 2.25 bits per heavy atom. The molecule has 1 aromatic rings. The minimum atomic E-state index is -0.627. The van der Waals surface area contributed by atoms with E-state index in [0.29, 0.717) is 6.29 Å². The lowest BCUT2D eigenvalue weighted by Crippen LogP contribution is -2.28. The van der Waals surface area contributed by atoms with E-state index in [-0.39, 0.29) is 46.2 Å². The summed E-state index contributed by atoms with van der Waals surface area (Å²) in [4.78, 5) is 35.6. The van der Waals surface area contributed by atoms with Crippen LogP contribution in [0.2, 0.25) is 0 Å². The van der Waals surface area contributed by atoms with Crippen LogP contribution in [-0.2, 0) is 0 Å². The fourth-order valence-electron chi connectivity index (χ4n) is 2.70. The molecule has 0 aromatic heterocycles. The lowest BCUT2D eigenvalue weighted by atomic mass is 9.76. The van der Waals surface area contributed by atoms with E-state index in [0.717, 1.165) is 0 Å². The number of hydrogen-bond acceptors (Lipinski definition) is 5. The van der Waals surface area contributed by atoms with Crippen LogP contribution in [0.4, 0.5) is 0 Å². The maximum Gasteiger partial charge on any atom is 0.169 e. The SMILES string of the molecule is CC1CC(=O)c2c(C=O)c(O)c(O)c(C(C)C)c2C1=O. The summed E-state index contributed by atoms with van der Waals surface area (Å²) < 4.78 is 0. The van der Waals surface area contributed by atoms with Crippen molar-refractivity contribution in [1.82, 2.24) is 0 Å². The van der Waals surface area contributed by atoms with Crippen molar-refractivity contribution >= 4 is 17.9 Å². The largest absolute Gasteiger partial charge is 0.504 e. The summed E-state index contributed by atoms with van der Waals surface area (Å²) in [6, 6.07) is 0. The van der Waals surface area contributed by atoms with Crippen LogP contribution >= 0.6 is 0 Å². The van der Waals surface area contributed by atoms with Crippen molar-refractivity contribution < 1.29 is 24.6 Å². The van der Waals surface area contributed by atoms with Gasteiger partial charge in [0.2, 0.25) is 0 Å². The van der Waals surface area contributed by atoms with Crippen LogP contribution in [0.15, 0.2) is 0 Å². The first-order valence-electron chi connectivity index (χ1n) is 6.45. The standard InChI is InChI=1S/C15H16O5/c1-6(2)10-12-11(8(5-16)14(19)15(10)20)9(17)4-7(3)13(12)18/h5-7,19-20H,4H2,1-3H3. The van der Waals surface area contributed by atoms with Crippen molar-refractivity contribution in [3.05, 3.63) is 22.3 Å². The third kappa shape index (κ3) is 1.81. The van der Waals surface area contributed by atoms with E-state index >= 15 is 0 Å². The van der Waals surface area contributed by atoms with Gasteiger partial charge in [0.05, 0.1) is 5.56 Å². The third-order valence-corrected chi connectivity index (χ3v) is 3.68. The summed E-state index contributed by atoms with van der Waals surface area (Å²) in [6.07, 6.45) is 0.313. The predicted octanol–water partition coefficient (Wildman–Crippen LogP) is 2.44. The number of Topliss-reactive ketones (excluding diaryl/α,β-unsaturated/α-hetero) is 2. The second-order valence-electron chi connectivity index (χ2n) is 5.44. The highest BCUT2D eigenvalue weighted by atomic mass is 16.3. The highest BCUT2D eigenvalue weighted by Crippen LogP contribution is 2.44. The van der Waals surface area contributed by atoms with Gasteiger partial charge in [-0.25, -0.2) is 0 Å². The second-order valence-corrected chi connectivity index (χ2v) is 5.44. The van der Waals surface area contributed by atoms with E-state index in [4.69, 9.17) is 0 Å². The van der Waals surface area contributed by atoms with Gasteiger partial charge < -0.3 is 10.2 Å². The zero-order valence-electron chi connectivity index (χ0n) is 11.6. The Balaban J connectivity index is 2.98. The first kappa shape index (κ1) is 14.2. The van der Waals surface area contributed by atoms with E-state index in [1.807, 2.05) is 0 Å². The molecule has 0 amide bonds. The summed E-state index contributed by atoms with van der Waals surface area (Å²) >= 11 is 0. The van der Waals surface area contributed by atoms with Crippen molar-refractivity contribution in [1.29, 1.82) is 0 Å². The van der Waals surface area contributed by atoms with Crippen LogP contribution < -0.4 is 0 Å². The number of ketones is 2. The molecule has 1 aliphatic carbocycles. The van der Waals surface area contributed by atoms with Crippen LogP contribution in [0, 0.1) is 5.92 Å². The molecule has 1 unspecified atom stereocenters. The number of phenols is 2. The van der Waals surface area contributed by atoms with Crippen LogP contribution in [0.3, 0.4) is 0 Å². The topological polar surface area (TPSA) is 91.7 Å². The van der Waals surface area contributed by atoms with Crippen molar-refractivity contribution in [2.75, 3.05) is 0 Å². The lowest BCUT2D eigenvalue weighted by Gasteiger charge is -2.26. The summed E-state index contributed by atoms with van der Waals surface area (Å²) in [5, 5.41) is 20.0. The summed E-state index contributed by atoms with van der Waals surface area (Å²) in [5.74, 6) is -2.50. The van der Waals surface area contributed by atoms with Gasteiger partial charge in [-0.2, -0.15) is 0 Å². The molecule has 0 fully saturated rings. The van der Waals surface area contributed by atoms with Gasteiger partial charge in [-0.3, -0.25) is 14.4 Å². The molecular formula is C15H16O5. The van der Waals surface area contributed by atoms with Gasteiger partial charge in [0.15, 0.2) is 29.4 Å². The number of aromatic hydroxyl groups is 2. The number of carbonyl (C=O) groups is 3. The lowest BCUT2D eigenvalue weighted by molar-refractivity contribution is 0.0831. The minimum absolute atomic E-state index is 0.00836. The van der Waals surface area contributed by atoms with E-state index < -0.39 is 17.4 Å². The molecule has 0 spiro atoms. The smallest absolute Gasteiger partial charge is 0.169 e. The maximum atomic E-state index is 12.4. The van der Waals surface area contributed by atoms with Gasteiger partial charge >= 0.3 is 0 Å². The van der Waals surface area contributed by atoms with Gasteiger partial charge in [-0.1, -0.05) is 20.8 Å². The van der Waals surface area contributed by atoms with E-state index in [1.165, 1.54) is 0 Å². The van der Waals surface area contributed by atoms with Gasteiger partial charge in [-0.15, -0.1) is 0 Å². The molecule has 1 atom stereocenters. The zero-order valence-corrected chi connectivity index (χ0v) is 11.6. The number of hydrogen-bond donors (Lipinski definition) is 2. The number of benzene rings is 1. The first-order valence-corrected chi connectivity index (χ1v) is 6.45. The summed E-state index contributed by atoms with van der Waals surface area (Å²) in [5.41, 5.74) is -0.0385. The highest BCUT2D eigenvalue weighted by molar-refractivity contribution is 6.19. The molecule has 0 aliphatic heterocycles. The zero-order chi connectivity index (χ0) is 15.2. The van der Waals surface area contributed by atoms with Crippen LogP contribution in [-0.4, -0.2) is 28.1 Å². The molecule has 106 valence electrons. The van der Waals surface area contributed by atoms with Crippen LogP contribution in [0.1, 0.15) is 69.7 Å². The molecule has 2 N–H and O–H groups in total. The number of aldehydes is 1. The normalized spacial score (nSPS) is 18.3. The fraction of sp³-hybridized carbons (Fsp3) is 0.400. The van der Waals surface area contributed by atoms with Crippen molar-refractivity contribution in [2.45, 2.75) is 33.1 Å². The molecule has 1 aliphatic rings. The van der Waals surface area contributed by atoms with E-state index in [2.05, 4.69) is 0 Å². The molecule has 0 saturated carbocycles. The number of phenolic OH excluding ortho intramolecular Hbond substituents is 2. The average molecular weight is 276 g/mol. The minimum Gasteiger partial charge on any atom is -0.504 e. The molecule has 2 rings (SSSR count). The molecule has 0 radical (unpaired) electrons. The van der Waals surface area contributed by atoms with E-state index in [9.17, 15) is 24.6 Å². The predicted molar refractivity (Wildman–Crippen MR) is 71.7 cm³/mol. The van der Waals surface area contributed by atoms with Gasteiger partial charge in [0.25, 0.3) is 0 Å². The first-order chi connectivity index (χ1) is 9.31. The van der Waals surface area contributed by atoms with Gasteiger partial charge in [0, 0.05) is 29.0 Å². The Morgan fingerprint density at radius 1 is 1.15 bits per heavy atom. The van der Waals surface area contributed by atoms with Crippen LogP contribution in [0.5, 0.6) is 11.5 Å². The monoisotopic (exact) mass is 276 g/mol. The highest BCUT2D eigenvalue weighted by Gasteiger charge is 2.37. The Hall–Kier alpha value is -2.17. The molecule has 0 saturated heterocycles. The van der Waals surface area contributed by atoms with E-state index in [1.54, 1.807) is 20.8 Å². The Bertz CT molecular complexity index is 628. The van der Waals surface area contributed by atoms with Crippen molar-refractivity contribution in [2.24, 2.45) is 5.92 Å². The quantitative estimate of drug-likeness (QED) is 0.639. The van der Waals surface area contributed by atoms with Crippen molar-refractivity contribution in [3.8, 4) is 11.5 Å². The van der Waals surface area contributed by atoms with Crippen molar-refractivity contribution in [3.63, 3.8) is 0 Å². The molecule has 5 nitrogen and oxygen atoms in total. The summed E-state index contributed by atoms with van der Waals surface area (Å²) in [7, 11) is 0. The Labute approximate surface area is 116 Å². The van der Waals surface area contributed by atoms with Gasteiger partial charge in [0.1, 0.15) is 0 Å². The average Bonchev–Trinajstić information content (AvgIpc) is 2.37. The Morgan fingerprint density at radius 2 is 1.75 bits per heavy atom. The van der Waals surface area contributed by atoms with Crippen LogP contribution in [0.25, 0.3) is 0 Å². The number of carbonyl (C=O) groups excluding carboxylic acids is 3. The molecule has 0 bridgehead atoms. The molecule has 1 aromatic carbocycles. The molecular weight excluding hydrogens is 260 g/mol. The molecule has 0 heterocycles. The Kier molecular flexibility index (Phi) is 3.38. The number of fused-ring (bicyclic) bond motifs is 1. The number of rotatable bonds is 2. The second kappa shape index (κ2) is 4.74. The molecule has 20 heavy (non-hydrogen) atoms. The third-order valence-electron chi connectivity index (χ3n) is 3.68. The summed E-state index contributed by atoms with van der Waals surface area (Å²) in [6.45, 7) is 5.12. The van der Waals surface area contributed by atoms with Gasteiger partial charge in [-0.05, 0) is 5.92 Å². The molecule has 5 heteroatoms. The maximum absolute atomic E-state index is 12.4.